The van der Waals surface area contributed by atoms with Crippen LogP contribution < -0.4 is 10.6 Å². The molecule has 2 N–H and O–H groups in total. The lowest BCUT2D eigenvalue weighted by atomic mass is 10.3. The summed E-state index contributed by atoms with van der Waals surface area (Å²) >= 11 is 6.10. The maximum Gasteiger partial charge on any atom is 0.206 e. The molecule has 1 aliphatic rings. The molecule has 0 bridgehead atoms. The zero-order valence-electron chi connectivity index (χ0n) is 11.9. The molecule has 0 spiro atoms. The Morgan fingerprint density at radius 1 is 1.25 bits per heavy atom. The minimum Gasteiger partial charge on any atom is -0.397 e. The van der Waals surface area contributed by atoms with E-state index in [1.165, 1.54) is 0 Å². The molecule has 1 aliphatic heterocycles. The van der Waals surface area contributed by atoms with Crippen LogP contribution in [0, 0.1) is 0 Å². The number of hydrogen-bond donors (Lipinski definition) is 1. The van der Waals surface area contributed by atoms with Crippen LogP contribution in [-0.4, -0.2) is 47.7 Å². The minimum atomic E-state index is 0.572. The number of hydrogen-bond acceptors (Lipinski definition) is 4. The van der Waals surface area contributed by atoms with Crippen molar-refractivity contribution in [3.8, 4) is 0 Å². The fourth-order valence-corrected chi connectivity index (χ4v) is 2.87. The van der Waals surface area contributed by atoms with E-state index >= 15 is 0 Å². The summed E-state index contributed by atoms with van der Waals surface area (Å²) in [7, 11) is 2.15. The van der Waals surface area contributed by atoms with Gasteiger partial charge in [-0.3, -0.25) is 0 Å². The number of aromatic nitrogens is 2. The summed E-state index contributed by atoms with van der Waals surface area (Å²) in [5.74, 6) is 1.03. The molecule has 6 heteroatoms. The first-order valence-electron chi connectivity index (χ1n) is 6.99. The van der Waals surface area contributed by atoms with Crippen LogP contribution in [0.1, 0.15) is 6.92 Å². The average Bonchev–Trinajstić information content (AvgIpc) is 2.78. The van der Waals surface area contributed by atoms with Gasteiger partial charge in [-0.2, -0.15) is 0 Å². The van der Waals surface area contributed by atoms with Crippen LogP contribution in [0.15, 0.2) is 12.1 Å². The van der Waals surface area contributed by atoms with Crippen molar-refractivity contribution in [1.82, 2.24) is 14.5 Å². The van der Waals surface area contributed by atoms with Gasteiger partial charge in [-0.05, 0) is 26.1 Å². The standard InChI is InChI=1S/C14H20ClN5/c1-3-20-13-9-11(16)10(15)8-12(13)17-14(20)19-6-4-18(2)5-7-19/h8-9H,3-7,16H2,1-2H3. The Hall–Kier alpha value is -1.46. The molecule has 5 nitrogen and oxygen atoms in total. The maximum atomic E-state index is 6.10. The average molecular weight is 294 g/mol. The van der Waals surface area contributed by atoms with Gasteiger partial charge in [-0.1, -0.05) is 11.6 Å². The summed E-state index contributed by atoms with van der Waals surface area (Å²) in [6.07, 6.45) is 0. The van der Waals surface area contributed by atoms with E-state index in [0.717, 1.165) is 49.7 Å². The van der Waals surface area contributed by atoms with E-state index in [1.807, 2.05) is 12.1 Å². The van der Waals surface area contributed by atoms with Crippen molar-refractivity contribution in [2.75, 3.05) is 43.9 Å². The largest absolute Gasteiger partial charge is 0.397 e. The van der Waals surface area contributed by atoms with Gasteiger partial charge in [0.2, 0.25) is 5.95 Å². The number of nitrogens with two attached hydrogens (primary N) is 1. The highest BCUT2D eigenvalue weighted by molar-refractivity contribution is 6.33. The zero-order valence-corrected chi connectivity index (χ0v) is 12.7. The van der Waals surface area contributed by atoms with Gasteiger partial charge in [0.1, 0.15) is 0 Å². The predicted octanol–water partition coefficient (Wildman–Crippen LogP) is 2.04. The maximum absolute atomic E-state index is 6.10. The number of piperazine rings is 1. The number of imidazole rings is 1. The molecule has 1 fully saturated rings. The number of aryl methyl sites for hydroxylation is 1. The van der Waals surface area contributed by atoms with Gasteiger partial charge in [0.05, 0.1) is 21.7 Å². The van der Waals surface area contributed by atoms with E-state index in [2.05, 4.69) is 28.3 Å². The van der Waals surface area contributed by atoms with Crippen LogP contribution in [0.5, 0.6) is 0 Å². The fraction of sp³-hybridized carbons (Fsp3) is 0.500. The molecule has 1 aromatic heterocycles. The van der Waals surface area contributed by atoms with Crippen LogP contribution in [0.25, 0.3) is 11.0 Å². The van der Waals surface area contributed by atoms with E-state index in [4.69, 9.17) is 22.3 Å². The number of benzene rings is 1. The summed E-state index contributed by atoms with van der Waals surface area (Å²) in [4.78, 5) is 9.44. The van der Waals surface area contributed by atoms with Crippen molar-refractivity contribution >= 4 is 34.3 Å². The summed E-state index contributed by atoms with van der Waals surface area (Å²) in [6, 6.07) is 3.78. The number of nitrogen functional groups attached to an aromatic ring is 1. The van der Waals surface area contributed by atoms with Crippen molar-refractivity contribution in [2.45, 2.75) is 13.5 Å². The lowest BCUT2D eigenvalue weighted by Crippen LogP contribution is -2.45. The zero-order chi connectivity index (χ0) is 14.3. The Bertz CT molecular complexity index is 628. The van der Waals surface area contributed by atoms with Crippen LogP contribution in [-0.2, 0) is 6.54 Å². The summed E-state index contributed by atoms with van der Waals surface area (Å²) in [5, 5.41) is 0.572. The van der Waals surface area contributed by atoms with Crippen molar-refractivity contribution in [3.63, 3.8) is 0 Å². The minimum absolute atomic E-state index is 0.572. The molecule has 1 aromatic carbocycles. The second-order valence-corrected chi connectivity index (χ2v) is 5.72. The van der Waals surface area contributed by atoms with Gasteiger partial charge >= 0.3 is 0 Å². The van der Waals surface area contributed by atoms with E-state index in [1.54, 1.807) is 0 Å². The van der Waals surface area contributed by atoms with Crippen LogP contribution in [0.2, 0.25) is 5.02 Å². The summed E-state index contributed by atoms with van der Waals surface area (Å²) < 4.78 is 2.22. The van der Waals surface area contributed by atoms with Gasteiger partial charge in [-0.15, -0.1) is 0 Å². The van der Waals surface area contributed by atoms with E-state index in [-0.39, 0.29) is 0 Å². The Balaban J connectivity index is 2.06. The lowest BCUT2D eigenvalue weighted by molar-refractivity contribution is 0.310. The van der Waals surface area contributed by atoms with E-state index < -0.39 is 0 Å². The van der Waals surface area contributed by atoms with Gasteiger partial charge in [0.25, 0.3) is 0 Å². The number of halogens is 1. The number of fused-ring (bicyclic) bond motifs is 1. The third-order valence-electron chi connectivity index (χ3n) is 3.95. The number of rotatable bonds is 2. The normalized spacial score (nSPS) is 17.1. The van der Waals surface area contributed by atoms with Crippen molar-refractivity contribution in [3.05, 3.63) is 17.2 Å². The number of likely N-dealkylation sites (N-methyl/N-ethyl adjacent to an activating group) is 1. The second-order valence-electron chi connectivity index (χ2n) is 5.31. The molecule has 2 heterocycles. The first-order valence-corrected chi connectivity index (χ1v) is 7.36. The predicted molar refractivity (Wildman–Crippen MR) is 84.5 cm³/mol. The third kappa shape index (κ3) is 2.21. The summed E-state index contributed by atoms with van der Waals surface area (Å²) in [6.45, 7) is 7.14. The van der Waals surface area contributed by atoms with Crippen molar-refractivity contribution in [2.24, 2.45) is 0 Å². The first-order chi connectivity index (χ1) is 9.60. The van der Waals surface area contributed by atoms with Crippen LogP contribution in [0.3, 0.4) is 0 Å². The smallest absolute Gasteiger partial charge is 0.206 e. The molecular weight excluding hydrogens is 274 g/mol. The van der Waals surface area contributed by atoms with Crippen molar-refractivity contribution in [1.29, 1.82) is 0 Å². The Kier molecular flexibility index (Phi) is 3.48. The van der Waals surface area contributed by atoms with E-state index in [9.17, 15) is 0 Å². The molecule has 0 atom stereocenters. The Labute approximate surface area is 123 Å². The molecule has 0 aliphatic carbocycles. The van der Waals surface area contributed by atoms with Gasteiger partial charge in [-0.25, -0.2) is 4.98 Å². The van der Waals surface area contributed by atoms with Crippen LogP contribution in [0.4, 0.5) is 11.6 Å². The molecule has 0 radical (unpaired) electrons. The van der Waals surface area contributed by atoms with Gasteiger partial charge in [0, 0.05) is 32.7 Å². The van der Waals surface area contributed by atoms with Gasteiger partial charge in [0.15, 0.2) is 0 Å². The Morgan fingerprint density at radius 3 is 2.60 bits per heavy atom. The first kappa shape index (κ1) is 13.5. The lowest BCUT2D eigenvalue weighted by Gasteiger charge is -2.33. The highest BCUT2D eigenvalue weighted by atomic mass is 35.5. The monoisotopic (exact) mass is 293 g/mol. The van der Waals surface area contributed by atoms with Crippen molar-refractivity contribution < 1.29 is 0 Å². The topological polar surface area (TPSA) is 50.3 Å². The second kappa shape index (κ2) is 5.14. The number of nitrogens with zero attached hydrogens (tertiary/aromatic N) is 4. The molecule has 0 amide bonds. The molecule has 0 unspecified atom stereocenters. The fourth-order valence-electron chi connectivity index (χ4n) is 2.71. The molecule has 1 saturated heterocycles. The highest BCUT2D eigenvalue weighted by Crippen LogP contribution is 2.29. The van der Waals surface area contributed by atoms with E-state index in [0.29, 0.717) is 10.7 Å². The molecular formula is C14H20ClN5. The quantitative estimate of drug-likeness (QED) is 0.861. The molecule has 2 aromatic rings. The van der Waals surface area contributed by atoms with Crippen LogP contribution >= 0.6 is 11.6 Å². The molecule has 0 saturated carbocycles. The third-order valence-corrected chi connectivity index (χ3v) is 4.28. The summed E-state index contributed by atoms with van der Waals surface area (Å²) in [5.41, 5.74) is 8.51. The molecule has 3 rings (SSSR count). The Morgan fingerprint density at radius 2 is 1.95 bits per heavy atom. The highest BCUT2D eigenvalue weighted by Gasteiger charge is 2.20. The molecule has 108 valence electrons. The SMILES string of the molecule is CCn1c(N2CCN(C)CC2)nc2cc(Cl)c(N)cc21. The molecule has 20 heavy (non-hydrogen) atoms. The van der Waals surface area contributed by atoms with Gasteiger partial charge < -0.3 is 20.1 Å². The number of anilines is 2.